The molecule has 1 aromatic heterocycles. The Morgan fingerprint density at radius 1 is 1.29 bits per heavy atom. The molecule has 0 N–H and O–H groups in total. The number of aromatic nitrogens is 1. The quantitative estimate of drug-likeness (QED) is 0.631. The maximum Gasteiger partial charge on any atom is 0.340 e. The van der Waals surface area contributed by atoms with E-state index in [9.17, 15) is 8.42 Å². The van der Waals surface area contributed by atoms with Gasteiger partial charge in [-0.3, -0.25) is 0 Å². The Hall–Kier alpha value is -1.81. The Morgan fingerprint density at radius 2 is 2.00 bits per heavy atom. The van der Waals surface area contributed by atoms with Gasteiger partial charge in [-0.05, 0) is 36.8 Å². The normalized spacial score (nSPS) is 11.0. The number of rotatable bonds is 3. The van der Waals surface area contributed by atoms with Crippen molar-refractivity contribution in [1.82, 2.24) is 4.98 Å². The molecule has 8 heteroatoms. The molecule has 0 atom stereocenters. The van der Waals surface area contributed by atoms with Crippen LogP contribution in [0.15, 0.2) is 35.4 Å². The second kappa shape index (κ2) is 5.90. The zero-order valence-corrected chi connectivity index (χ0v) is 13.0. The van der Waals surface area contributed by atoms with E-state index >= 15 is 0 Å². The Balaban J connectivity index is 2.37. The third-order valence-electron chi connectivity index (χ3n) is 2.54. The minimum Gasteiger partial charge on any atom is -0.377 e. The van der Waals surface area contributed by atoms with E-state index in [1.807, 2.05) is 6.07 Å². The smallest absolute Gasteiger partial charge is 0.340 e. The summed E-state index contributed by atoms with van der Waals surface area (Å²) >= 11 is 11.6. The third kappa shape index (κ3) is 3.45. The molecule has 1 aromatic carbocycles. The molecule has 0 amide bonds. The molecule has 0 aliphatic heterocycles. The number of pyridine rings is 1. The van der Waals surface area contributed by atoms with Gasteiger partial charge in [-0.2, -0.15) is 13.7 Å². The summed E-state index contributed by atoms with van der Waals surface area (Å²) in [6.07, 6.45) is 1.10. The summed E-state index contributed by atoms with van der Waals surface area (Å²) < 4.78 is 29.2. The van der Waals surface area contributed by atoms with Crippen molar-refractivity contribution in [2.75, 3.05) is 0 Å². The molecule has 1 heterocycles. The lowest BCUT2D eigenvalue weighted by atomic mass is 10.2. The molecule has 0 fully saturated rings. The first-order valence-corrected chi connectivity index (χ1v) is 7.76. The molecule has 0 bridgehead atoms. The van der Waals surface area contributed by atoms with Crippen LogP contribution >= 0.6 is 23.2 Å². The molecule has 2 aromatic rings. The van der Waals surface area contributed by atoms with Gasteiger partial charge in [-0.15, -0.1) is 0 Å². The van der Waals surface area contributed by atoms with E-state index in [1.54, 1.807) is 6.92 Å². The predicted octanol–water partition coefficient (Wildman–Crippen LogP) is 3.34. The summed E-state index contributed by atoms with van der Waals surface area (Å²) in [4.78, 5) is 3.63. The van der Waals surface area contributed by atoms with Gasteiger partial charge in [0.1, 0.15) is 10.0 Å². The van der Waals surface area contributed by atoms with E-state index in [1.165, 1.54) is 24.3 Å². The fourth-order valence-electron chi connectivity index (χ4n) is 1.47. The Morgan fingerprint density at radius 3 is 2.57 bits per heavy atom. The maximum absolute atomic E-state index is 12.1. The minimum absolute atomic E-state index is 0.0243. The number of halogens is 2. The van der Waals surface area contributed by atoms with Crippen molar-refractivity contribution in [2.45, 2.75) is 11.8 Å². The number of aryl methyl sites for hydroxylation is 1. The van der Waals surface area contributed by atoms with Gasteiger partial charge < -0.3 is 4.18 Å². The van der Waals surface area contributed by atoms with Crippen molar-refractivity contribution in [3.8, 4) is 11.8 Å². The lowest BCUT2D eigenvalue weighted by Crippen LogP contribution is -2.11. The molecule has 0 saturated heterocycles. The number of hydrogen-bond donors (Lipinski definition) is 0. The van der Waals surface area contributed by atoms with Crippen LogP contribution in [0.5, 0.6) is 5.75 Å². The van der Waals surface area contributed by atoms with Gasteiger partial charge in [-0.1, -0.05) is 23.2 Å². The summed E-state index contributed by atoms with van der Waals surface area (Å²) in [6.45, 7) is 1.63. The SMILES string of the molecule is Cc1cc(S(=O)(=O)Oc2ccc(C#N)cc2Cl)cnc1Cl. The van der Waals surface area contributed by atoms with Crippen LogP contribution in [-0.4, -0.2) is 13.4 Å². The Kier molecular flexibility index (Phi) is 4.37. The van der Waals surface area contributed by atoms with Crippen LogP contribution in [0.25, 0.3) is 0 Å². The molecule has 0 spiro atoms. The fraction of sp³-hybridized carbons (Fsp3) is 0.0769. The van der Waals surface area contributed by atoms with Crippen LogP contribution in [-0.2, 0) is 10.1 Å². The summed E-state index contributed by atoms with van der Waals surface area (Å²) in [7, 11) is -4.08. The van der Waals surface area contributed by atoms with E-state index in [-0.39, 0.29) is 20.8 Å². The van der Waals surface area contributed by atoms with Gasteiger partial charge in [0.25, 0.3) is 0 Å². The lowest BCUT2D eigenvalue weighted by molar-refractivity contribution is 0.485. The van der Waals surface area contributed by atoms with Crippen LogP contribution < -0.4 is 4.18 Å². The molecule has 108 valence electrons. The van der Waals surface area contributed by atoms with Gasteiger partial charge in [0.2, 0.25) is 0 Å². The molecule has 0 radical (unpaired) electrons. The number of nitrogens with zero attached hydrogens (tertiary/aromatic N) is 2. The van der Waals surface area contributed by atoms with E-state index in [4.69, 9.17) is 32.6 Å². The summed E-state index contributed by atoms with van der Waals surface area (Å²) in [6, 6.07) is 7.27. The maximum atomic E-state index is 12.1. The van der Waals surface area contributed by atoms with E-state index in [0.717, 1.165) is 6.20 Å². The van der Waals surface area contributed by atoms with Crippen LogP contribution in [0, 0.1) is 18.3 Å². The molecule has 0 unspecified atom stereocenters. The highest BCUT2D eigenvalue weighted by Crippen LogP contribution is 2.28. The van der Waals surface area contributed by atoms with Crippen molar-refractivity contribution < 1.29 is 12.6 Å². The number of nitriles is 1. The third-order valence-corrected chi connectivity index (χ3v) is 4.43. The van der Waals surface area contributed by atoms with Crippen LogP contribution in [0.4, 0.5) is 0 Å². The highest BCUT2D eigenvalue weighted by atomic mass is 35.5. The second-order valence-electron chi connectivity index (χ2n) is 4.07. The van der Waals surface area contributed by atoms with E-state index < -0.39 is 10.1 Å². The first kappa shape index (κ1) is 15.6. The Labute approximate surface area is 131 Å². The number of hydrogen-bond acceptors (Lipinski definition) is 5. The molecule has 0 saturated carbocycles. The zero-order valence-electron chi connectivity index (χ0n) is 10.7. The van der Waals surface area contributed by atoms with Crippen LogP contribution in [0.1, 0.15) is 11.1 Å². The standard InChI is InChI=1S/C13H8Cl2N2O3S/c1-8-4-10(7-17-13(8)15)21(18,19)20-12-3-2-9(6-16)5-11(12)14/h2-5,7H,1H3. The highest BCUT2D eigenvalue weighted by Gasteiger charge is 2.20. The largest absolute Gasteiger partial charge is 0.377 e. The summed E-state index contributed by atoms with van der Waals surface area (Å²) in [5.41, 5.74) is 0.806. The van der Waals surface area contributed by atoms with Crippen LogP contribution in [0.3, 0.4) is 0 Å². The summed E-state index contributed by atoms with van der Waals surface area (Å²) in [5.74, 6) is -0.0664. The van der Waals surface area contributed by atoms with Crippen molar-refractivity contribution in [3.63, 3.8) is 0 Å². The van der Waals surface area contributed by atoms with E-state index in [2.05, 4.69) is 4.98 Å². The second-order valence-corrected chi connectivity index (χ2v) is 6.38. The van der Waals surface area contributed by atoms with Gasteiger partial charge in [0.05, 0.1) is 22.9 Å². The molecule has 0 aliphatic carbocycles. The molecule has 0 aliphatic rings. The van der Waals surface area contributed by atoms with Crippen molar-refractivity contribution in [2.24, 2.45) is 0 Å². The molecule has 21 heavy (non-hydrogen) atoms. The highest BCUT2D eigenvalue weighted by molar-refractivity contribution is 7.87. The zero-order chi connectivity index (χ0) is 15.6. The monoisotopic (exact) mass is 342 g/mol. The average Bonchev–Trinajstić information content (AvgIpc) is 2.43. The first-order chi connectivity index (χ1) is 9.83. The van der Waals surface area contributed by atoms with Gasteiger partial charge in [0, 0.05) is 0 Å². The average molecular weight is 343 g/mol. The topological polar surface area (TPSA) is 80.0 Å². The molecule has 2 rings (SSSR count). The van der Waals surface area contributed by atoms with E-state index in [0.29, 0.717) is 11.1 Å². The van der Waals surface area contributed by atoms with Gasteiger partial charge in [-0.25, -0.2) is 4.98 Å². The molecule has 5 nitrogen and oxygen atoms in total. The lowest BCUT2D eigenvalue weighted by Gasteiger charge is -2.09. The van der Waals surface area contributed by atoms with Crippen LogP contribution in [0.2, 0.25) is 10.2 Å². The molecular formula is C13H8Cl2N2O3S. The van der Waals surface area contributed by atoms with Gasteiger partial charge in [0.15, 0.2) is 5.75 Å². The summed E-state index contributed by atoms with van der Waals surface area (Å²) in [5, 5.41) is 8.97. The predicted molar refractivity (Wildman–Crippen MR) is 78.0 cm³/mol. The van der Waals surface area contributed by atoms with Crippen molar-refractivity contribution in [1.29, 1.82) is 5.26 Å². The fourth-order valence-corrected chi connectivity index (χ4v) is 2.82. The number of benzene rings is 1. The van der Waals surface area contributed by atoms with Gasteiger partial charge >= 0.3 is 10.1 Å². The van der Waals surface area contributed by atoms with Crippen molar-refractivity contribution >= 4 is 33.3 Å². The minimum atomic E-state index is -4.08. The van der Waals surface area contributed by atoms with Crippen molar-refractivity contribution in [3.05, 3.63) is 51.8 Å². The first-order valence-electron chi connectivity index (χ1n) is 5.60. The molecular weight excluding hydrogens is 335 g/mol. The Bertz CT molecular complexity index is 845.